The van der Waals surface area contributed by atoms with Crippen molar-refractivity contribution in [3.8, 4) is 23.0 Å². The van der Waals surface area contributed by atoms with E-state index in [0.717, 1.165) is 19.4 Å². The van der Waals surface area contributed by atoms with Crippen molar-refractivity contribution in [3.05, 3.63) is 24.1 Å². The Morgan fingerprint density at radius 2 is 2.14 bits per heavy atom. The Bertz CT molecular complexity index is 581. The SMILES string of the molecule is COc1ccc(-c2nnc(CCCNC(C)C)o2)cc1O. The van der Waals surface area contributed by atoms with Crippen molar-refractivity contribution in [1.29, 1.82) is 0 Å². The molecule has 1 heterocycles. The van der Waals surface area contributed by atoms with Gasteiger partial charge >= 0.3 is 0 Å². The Hall–Kier alpha value is -2.08. The maximum absolute atomic E-state index is 9.76. The lowest BCUT2D eigenvalue weighted by Gasteiger charge is -2.05. The third-order valence-corrected chi connectivity index (χ3v) is 3.01. The molecule has 6 nitrogen and oxygen atoms in total. The molecule has 2 rings (SSSR count). The Labute approximate surface area is 124 Å². The van der Waals surface area contributed by atoms with Crippen LogP contribution in [0.2, 0.25) is 0 Å². The van der Waals surface area contributed by atoms with Crippen LogP contribution in [-0.4, -0.2) is 35.0 Å². The normalized spacial score (nSPS) is 11.0. The number of aromatic hydroxyl groups is 1. The Morgan fingerprint density at radius 3 is 2.81 bits per heavy atom. The van der Waals surface area contributed by atoms with Crippen LogP contribution in [-0.2, 0) is 6.42 Å². The number of aryl methyl sites for hydroxylation is 1. The molecule has 0 unspecified atom stereocenters. The van der Waals surface area contributed by atoms with Crippen LogP contribution in [0.25, 0.3) is 11.5 Å². The summed E-state index contributed by atoms with van der Waals surface area (Å²) >= 11 is 0. The highest BCUT2D eigenvalue weighted by atomic mass is 16.5. The number of nitrogens with one attached hydrogen (secondary N) is 1. The van der Waals surface area contributed by atoms with Gasteiger partial charge in [-0.1, -0.05) is 13.8 Å². The van der Waals surface area contributed by atoms with Crippen molar-refractivity contribution in [1.82, 2.24) is 15.5 Å². The monoisotopic (exact) mass is 291 g/mol. The molecule has 21 heavy (non-hydrogen) atoms. The van der Waals surface area contributed by atoms with Crippen LogP contribution in [0.4, 0.5) is 0 Å². The predicted molar refractivity (Wildman–Crippen MR) is 79.4 cm³/mol. The summed E-state index contributed by atoms with van der Waals surface area (Å²) in [6.45, 7) is 5.14. The Morgan fingerprint density at radius 1 is 1.33 bits per heavy atom. The van der Waals surface area contributed by atoms with Crippen molar-refractivity contribution in [3.63, 3.8) is 0 Å². The highest BCUT2D eigenvalue weighted by Gasteiger charge is 2.11. The van der Waals surface area contributed by atoms with Crippen LogP contribution < -0.4 is 10.1 Å². The maximum atomic E-state index is 9.76. The van der Waals surface area contributed by atoms with Gasteiger partial charge in [-0.2, -0.15) is 0 Å². The van der Waals surface area contributed by atoms with Gasteiger partial charge in [0.25, 0.3) is 0 Å². The van der Waals surface area contributed by atoms with Gasteiger partial charge in [0.1, 0.15) is 0 Å². The second kappa shape index (κ2) is 7.08. The molecular formula is C15H21N3O3. The zero-order chi connectivity index (χ0) is 15.2. The van der Waals surface area contributed by atoms with Crippen molar-refractivity contribution in [2.24, 2.45) is 0 Å². The van der Waals surface area contributed by atoms with Gasteiger partial charge in [0, 0.05) is 18.0 Å². The first-order chi connectivity index (χ1) is 10.1. The topological polar surface area (TPSA) is 80.4 Å². The molecule has 0 radical (unpaired) electrons. The molecule has 114 valence electrons. The summed E-state index contributed by atoms with van der Waals surface area (Å²) in [5, 5.41) is 21.1. The number of ether oxygens (including phenoxy) is 1. The number of aromatic nitrogens is 2. The molecule has 0 aliphatic rings. The highest BCUT2D eigenvalue weighted by Crippen LogP contribution is 2.30. The van der Waals surface area contributed by atoms with Gasteiger partial charge in [0.05, 0.1) is 7.11 Å². The molecule has 0 aliphatic carbocycles. The fourth-order valence-corrected chi connectivity index (χ4v) is 1.92. The molecule has 0 aliphatic heterocycles. The van der Waals surface area contributed by atoms with E-state index in [0.29, 0.717) is 29.1 Å². The molecule has 0 spiro atoms. The molecule has 2 N–H and O–H groups in total. The fraction of sp³-hybridized carbons (Fsp3) is 0.467. The minimum Gasteiger partial charge on any atom is -0.504 e. The van der Waals surface area contributed by atoms with E-state index < -0.39 is 0 Å². The molecule has 0 amide bonds. The molecule has 0 saturated heterocycles. The summed E-state index contributed by atoms with van der Waals surface area (Å²) in [6.07, 6.45) is 1.67. The van der Waals surface area contributed by atoms with Crippen LogP contribution in [0.3, 0.4) is 0 Å². The molecule has 0 fully saturated rings. The van der Waals surface area contributed by atoms with E-state index in [1.165, 1.54) is 7.11 Å². The summed E-state index contributed by atoms with van der Waals surface area (Å²) in [6, 6.07) is 5.47. The molecule has 0 atom stereocenters. The summed E-state index contributed by atoms with van der Waals surface area (Å²) in [5.41, 5.74) is 0.673. The Balaban J connectivity index is 1.97. The smallest absolute Gasteiger partial charge is 0.247 e. The lowest BCUT2D eigenvalue weighted by Crippen LogP contribution is -2.23. The van der Waals surface area contributed by atoms with E-state index in [1.807, 2.05) is 0 Å². The second-order valence-corrected chi connectivity index (χ2v) is 5.10. The predicted octanol–water partition coefficient (Wildman–Crippen LogP) is 2.38. The first kappa shape index (κ1) is 15.3. The van der Waals surface area contributed by atoms with Gasteiger partial charge in [0.15, 0.2) is 11.5 Å². The van der Waals surface area contributed by atoms with Gasteiger partial charge in [0.2, 0.25) is 11.8 Å². The lowest BCUT2D eigenvalue weighted by molar-refractivity contribution is 0.373. The zero-order valence-corrected chi connectivity index (χ0v) is 12.6. The van der Waals surface area contributed by atoms with Crippen LogP contribution in [0.5, 0.6) is 11.5 Å². The van der Waals surface area contributed by atoms with Gasteiger partial charge in [-0.25, -0.2) is 0 Å². The molecule has 6 heteroatoms. The zero-order valence-electron chi connectivity index (χ0n) is 12.6. The number of phenolic OH excluding ortho intramolecular Hbond substituents is 1. The minimum absolute atomic E-state index is 0.0517. The van der Waals surface area contributed by atoms with Gasteiger partial charge in [-0.05, 0) is 31.2 Å². The minimum atomic E-state index is 0.0517. The second-order valence-electron chi connectivity index (χ2n) is 5.10. The third-order valence-electron chi connectivity index (χ3n) is 3.01. The van der Waals surface area contributed by atoms with Crippen LogP contribution in [0, 0.1) is 0 Å². The molecule has 1 aromatic carbocycles. The molecular weight excluding hydrogens is 270 g/mol. The number of benzene rings is 1. The third kappa shape index (κ3) is 4.19. The lowest BCUT2D eigenvalue weighted by atomic mass is 10.2. The Kier molecular flexibility index (Phi) is 5.16. The highest BCUT2D eigenvalue weighted by molar-refractivity contribution is 5.59. The average Bonchev–Trinajstić information content (AvgIpc) is 2.92. The largest absolute Gasteiger partial charge is 0.504 e. The summed E-state index contributed by atoms with van der Waals surface area (Å²) < 4.78 is 10.6. The standard InChI is InChI=1S/C15H21N3O3/c1-10(2)16-8-4-5-14-17-18-15(21-14)11-6-7-13(20-3)12(19)9-11/h6-7,9-10,16,19H,4-5,8H2,1-3H3. The van der Waals surface area contributed by atoms with Crippen LogP contribution in [0.15, 0.2) is 22.6 Å². The van der Waals surface area contributed by atoms with Crippen LogP contribution in [0.1, 0.15) is 26.2 Å². The number of phenols is 1. The van der Waals surface area contributed by atoms with Crippen molar-refractivity contribution in [2.75, 3.05) is 13.7 Å². The quantitative estimate of drug-likeness (QED) is 0.762. The van der Waals surface area contributed by atoms with Crippen molar-refractivity contribution in [2.45, 2.75) is 32.7 Å². The van der Waals surface area contributed by atoms with Gasteiger partial charge in [-0.15, -0.1) is 10.2 Å². The average molecular weight is 291 g/mol. The first-order valence-corrected chi connectivity index (χ1v) is 7.03. The molecule has 1 aromatic heterocycles. The molecule has 0 saturated carbocycles. The van der Waals surface area contributed by atoms with E-state index in [9.17, 15) is 5.11 Å². The number of hydrogen-bond acceptors (Lipinski definition) is 6. The van der Waals surface area contributed by atoms with Crippen molar-refractivity contribution >= 4 is 0 Å². The number of hydrogen-bond donors (Lipinski definition) is 2. The van der Waals surface area contributed by atoms with E-state index in [2.05, 4.69) is 29.4 Å². The molecule has 0 bridgehead atoms. The van der Waals surface area contributed by atoms with E-state index >= 15 is 0 Å². The fourth-order valence-electron chi connectivity index (χ4n) is 1.92. The summed E-state index contributed by atoms with van der Waals surface area (Å²) in [7, 11) is 1.50. The van der Waals surface area contributed by atoms with E-state index in [-0.39, 0.29) is 5.75 Å². The maximum Gasteiger partial charge on any atom is 0.247 e. The van der Waals surface area contributed by atoms with Crippen molar-refractivity contribution < 1.29 is 14.3 Å². The first-order valence-electron chi connectivity index (χ1n) is 7.03. The van der Waals surface area contributed by atoms with Gasteiger partial charge < -0.3 is 19.6 Å². The molecule has 2 aromatic rings. The summed E-state index contributed by atoms with van der Waals surface area (Å²) in [5.74, 6) is 1.47. The van der Waals surface area contributed by atoms with E-state index in [4.69, 9.17) is 9.15 Å². The number of nitrogens with zero attached hydrogens (tertiary/aromatic N) is 2. The number of rotatable bonds is 7. The summed E-state index contributed by atoms with van der Waals surface area (Å²) in [4.78, 5) is 0. The van der Waals surface area contributed by atoms with E-state index in [1.54, 1.807) is 18.2 Å². The number of methoxy groups -OCH3 is 1. The van der Waals surface area contributed by atoms with Gasteiger partial charge in [-0.3, -0.25) is 0 Å². The van der Waals surface area contributed by atoms with Crippen LogP contribution >= 0.6 is 0 Å².